The van der Waals surface area contributed by atoms with E-state index < -0.39 is 6.09 Å². The third-order valence-corrected chi connectivity index (χ3v) is 3.27. The number of aromatic nitrogens is 1. The molecule has 1 aromatic carbocycles. The zero-order valence-corrected chi connectivity index (χ0v) is 13.2. The van der Waals surface area contributed by atoms with Crippen molar-refractivity contribution in [3.05, 3.63) is 48.7 Å². The summed E-state index contributed by atoms with van der Waals surface area (Å²) in [7, 11) is 1.49. The smallest absolute Gasteiger partial charge is 0.414 e. The van der Waals surface area contributed by atoms with Gasteiger partial charge in [-0.25, -0.2) is 4.79 Å². The Labute approximate surface area is 135 Å². The minimum Gasteiger partial charge on any atom is -0.439 e. The lowest BCUT2D eigenvalue weighted by Gasteiger charge is -2.20. The number of benzene rings is 1. The zero-order valence-electron chi connectivity index (χ0n) is 13.2. The SMILES string of the molecule is CCN(C(=O)OCC(=O)NC)c1ccc(-c2ccccc2)nc1. The molecule has 0 radical (unpaired) electrons. The van der Waals surface area contributed by atoms with Crippen LogP contribution in [0.3, 0.4) is 0 Å². The van der Waals surface area contributed by atoms with Gasteiger partial charge in [0, 0.05) is 19.2 Å². The second kappa shape index (κ2) is 7.93. The summed E-state index contributed by atoms with van der Waals surface area (Å²) in [5.74, 6) is -0.355. The fraction of sp³-hybridized carbons (Fsp3) is 0.235. The van der Waals surface area contributed by atoms with Gasteiger partial charge in [-0.3, -0.25) is 14.7 Å². The molecule has 0 atom stereocenters. The summed E-state index contributed by atoms with van der Waals surface area (Å²) in [4.78, 5) is 29.0. The Morgan fingerprint density at radius 3 is 2.48 bits per heavy atom. The van der Waals surface area contributed by atoms with E-state index in [2.05, 4.69) is 10.3 Å². The Hall–Kier alpha value is -2.89. The highest BCUT2D eigenvalue weighted by molar-refractivity contribution is 5.89. The number of pyridine rings is 1. The highest BCUT2D eigenvalue weighted by Crippen LogP contribution is 2.20. The maximum absolute atomic E-state index is 12.0. The molecule has 2 aromatic rings. The van der Waals surface area contributed by atoms with E-state index >= 15 is 0 Å². The summed E-state index contributed by atoms with van der Waals surface area (Å²) in [5.41, 5.74) is 2.45. The molecular formula is C17H19N3O3. The minimum atomic E-state index is -0.578. The topological polar surface area (TPSA) is 71.5 Å². The summed E-state index contributed by atoms with van der Waals surface area (Å²) >= 11 is 0. The van der Waals surface area contributed by atoms with Crippen LogP contribution in [0.15, 0.2) is 48.7 Å². The molecule has 0 unspecified atom stereocenters. The summed E-state index contributed by atoms with van der Waals surface area (Å²) in [5, 5.41) is 2.40. The Morgan fingerprint density at radius 2 is 1.91 bits per heavy atom. The summed E-state index contributed by atoms with van der Waals surface area (Å²) in [6, 6.07) is 13.4. The molecule has 1 heterocycles. The summed E-state index contributed by atoms with van der Waals surface area (Å²) < 4.78 is 4.96. The molecular weight excluding hydrogens is 294 g/mol. The molecule has 0 aliphatic rings. The fourth-order valence-electron chi connectivity index (χ4n) is 2.02. The first-order valence-corrected chi connectivity index (χ1v) is 7.32. The highest BCUT2D eigenvalue weighted by Gasteiger charge is 2.17. The Balaban J connectivity index is 2.09. The Kier molecular flexibility index (Phi) is 5.68. The quantitative estimate of drug-likeness (QED) is 0.920. The molecule has 1 N–H and O–H groups in total. The van der Waals surface area contributed by atoms with Crippen LogP contribution in [-0.2, 0) is 9.53 Å². The average Bonchev–Trinajstić information content (AvgIpc) is 2.61. The Morgan fingerprint density at radius 1 is 1.17 bits per heavy atom. The molecule has 0 saturated carbocycles. The van der Waals surface area contributed by atoms with Crippen LogP contribution in [0, 0.1) is 0 Å². The van der Waals surface area contributed by atoms with Crippen LogP contribution in [0.2, 0.25) is 0 Å². The first kappa shape index (κ1) is 16.5. The van der Waals surface area contributed by atoms with Crippen molar-refractivity contribution in [3.8, 4) is 11.3 Å². The number of carbonyl (C=O) groups excluding carboxylic acids is 2. The molecule has 23 heavy (non-hydrogen) atoms. The molecule has 1 aromatic heterocycles. The first-order valence-electron chi connectivity index (χ1n) is 7.32. The second-order valence-corrected chi connectivity index (χ2v) is 4.74. The number of nitrogens with one attached hydrogen (secondary N) is 1. The third-order valence-electron chi connectivity index (χ3n) is 3.27. The minimum absolute atomic E-state index is 0.304. The van der Waals surface area contributed by atoms with Gasteiger partial charge in [-0.1, -0.05) is 30.3 Å². The van der Waals surface area contributed by atoms with Crippen LogP contribution >= 0.6 is 0 Å². The van der Waals surface area contributed by atoms with Crippen molar-refractivity contribution < 1.29 is 14.3 Å². The normalized spacial score (nSPS) is 10.0. The van der Waals surface area contributed by atoms with Gasteiger partial charge in [0.25, 0.3) is 5.91 Å². The number of hydrogen-bond donors (Lipinski definition) is 1. The standard InChI is InChI=1S/C17H19N3O3/c1-3-20(17(22)23-12-16(21)18-2)14-9-10-15(19-11-14)13-7-5-4-6-8-13/h4-11H,3,12H2,1-2H3,(H,18,21). The molecule has 0 spiro atoms. The number of hydrogen-bond acceptors (Lipinski definition) is 4. The van der Waals surface area contributed by atoms with Gasteiger partial charge in [0.05, 0.1) is 17.6 Å². The first-order chi connectivity index (χ1) is 11.2. The van der Waals surface area contributed by atoms with Gasteiger partial charge in [-0.2, -0.15) is 0 Å². The fourth-order valence-corrected chi connectivity index (χ4v) is 2.02. The monoisotopic (exact) mass is 313 g/mol. The van der Waals surface area contributed by atoms with Crippen molar-refractivity contribution in [2.75, 3.05) is 25.1 Å². The van der Waals surface area contributed by atoms with Gasteiger partial charge >= 0.3 is 6.09 Å². The molecule has 0 bridgehead atoms. The van der Waals surface area contributed by atoms with Gasteiger partial charge in [0.2, 0.25) is 0 Å². The molecule has 2 amide bonds. The lowest BCUT2D eigenvalue weighted by molar-refractivity contribution is -0.123. The van der Waals surface area contributed by atoms with Gasteiger partial charge in [0.15, 0.2) is 6.61 Å². The number of amides is 2. The van der Waals surface area contributed by atoms with E-state index in [-0.39, 0.29) is 12.5 Å². The highest BCUT2D eigenvalue weighted by atomic mass is 16.6. The van der Waals surface area contributed by atoms with E-state index in [1.165, 1.54) is 11.9 Å². The number of nitrogens with zero attached hydrogens (tertiary/aromatic N) is 2. The van der Waals surface area contributed by atoms with Crippen molar-refractivity contribution in [2.45, 2.75) is 6.92 Å². The molecule has 0 aliphatic heterocycles. The van der Waals surface area contributed by atoms with E-state index in [0.29, 0.717) is 12.2 Å². The van der Waals surface area contributed by atoms with Gasteiger partial charge < -0.3 is 10.1 Å². The van der Waals surface area contributed by atoms with Gasteiger partial charge in [0.1, 0.15) is 0 Å². The zero-order chi connectivity index (χ0) is 16.7. The molecule has 6 nitrogen and oxygen atoms in total. The number of anilines is 1. The van der Waals surface area contributed by atoms with Crippen molar-refractivity contribution in [2.24, 2.45) is 0 Å². The van der Waals surface area contributed by atoms with Crippen LogP contribution in [-0.4, -0.2) is 37.2 Å². The number of carbonyl (C=O) groups is 2. The van der Waals surface area contributed by atoms with Crippen LogP contribution < -0.4 is 10.2 Å². The number of likely N-dealkylation sites (N-methyl/N-ethyl adjacent to an activating group) is 1. The number of ether oxygens (including phenoxy) is 1. The summed E-state index contributed by atoms with van der Waals surface area (Å²) in [6.45, 7) is 1.94. The van der Waals surface area contributed by atoms with Crippen molar-refractivity contribution >= 4 is 17.7 Å². The van der Waals surface area contributed by atoms with Crippen molar-refractivity contribution in [1.29, 1.82) is 0 Å². The molecule has 120 valence electrons. The van der Waals surface area contributed by atoms with Crippen molar-refractivity contribution in [3.63, 3.8) is 0 Å². The maximum Gasteiger partial charge on any atom is 0.414 e. The lowest BCUT2D eigenvalue weighted by Crippen LogP contribution is -2.34. The van der Waals surface area contributed by atoms with Crippen LogP contribution in [0.5, 0.6) is 0 Å². The van der Waals surface area contributed by atoms with E-state index in [0.717, 1.165) is 11.3 Å². The van der Waals surface area contributed by atoms with Gasteiger partial charge in [-0.15, -0.1) is 0 Å². The van der Waals surface area contributed by atoms with Crippen LogP contribution in [0.1, 0.15) is 6.92 Å². The maximum atomic E-state index is 12.0. The predicted octanol–water partition coefficient (Wildman–Crippen LogP) is 2.46. The van der Waals surface area contributed by atoms with Gasteiger partial charge in [-0.05, 0) is 19.1 Å². The van der Waals surface area contributed by atoms with Crippen LogP contribution in [0.25, 0.3) is 11.3 Å². The van der Waals surface area contributed by atoms with E-state index in [9.17, 15) is 9.59 Å². The van der Waals surface area contributed by atoms with Crippen molar-refractivity contribution in [1.82, 2.24) is 10.3 Å². The molecule has 0 saturated heterocycles. The van der Waals surface area contributed by atoms with E-state index in [1.54, 1.807) is 12.3 Å². The van der Waals surface area contributed by atoms with E-state index in [4.69, 9.17) is 4.74 Å². The molecule has 0 aliphatic carbocycles. The third kappa shape index (κ3) is 4.29. The second-order valence-electron chi connectivity index (χ2n) is 4.74. The largest absolute Gasteiger partial charge is 0.439 e. The molecule has 0 fully saturated rings. The predicted molar refractivity (Wildman–Crippen MR) is 88.1 cm³/mol. The average molecular weight is 313 g/mol. The van der Waals surface area contributed by atoms with E-state index in [1.807, 2.05) is 43.3 Å². The van der Waals surface area contributed by atoms with Crippen LogP contribution in [0.4, 0.5) is 10.5 Å². The molecule has 6 heteroatoms. The lowest BCUT2D eigenvalue weighted by atomic mass is 10.1. The Bertz CT molecular complexity index is 657. The molecule has 2 rings (SSSR count). The summed E-state index contributed by atoms with van der Waals surface area (Å²) in [6.07, 6.45) is 1.04. The number of rotatable bonds is 5.